The monoisotopic (exact) mass is 393 g/mol. The molecule has 5 heteroatoms. The normalized spacial score (nSPS) is 10.6. The van der Waals surface area contributed by atoms with E-state index in [0.717, 1.165) is 27.9 Å². The van der Waals surface area contributed by atoms with E-state index in [1.54, 1.807) is 19.2 Å². The molecule has 150 valence electrons. The highest BCUT2D eigenvalue weighted by atomic mass is 19.1. The lowest BCUT2D eigenvalue weighted by Gasteiger charge is -2.12. The van der Waals surface area contributed by atoms with Gasteiger partial charge in [0.25, 0.3) is 0 Å². The smallest absolute Gasteiger partial charge is 0.306 e. The molecule has 0 saturated carbocycles. The molecule has 0 N–H and O–H groups in total. The van der Waals surface area contributed by atoms with Gasteiger partial charge in [0.1, 0.15) is 18.2 Å². The van der Waals surface area contributed by atoms with Crippen LogP contribution in [0.1, 0.15) is 30.0 Å². The van der Waals surface area contributed by atoms with E-state index in [2.05, 4.69) is 4.98 Å². The number of nitrogens with zero attached hydrogens (tertiary/aromatic N) is 1. The van der Waals surface area contributed by atoms with Crippen LogP contribution in [0, 0.1) is 12.7 Å². The van der Waals surface area contributed by atoms with E-state index in [-0.39, 0.29) is 18.4 Å². The zero-order valence-electron chi connectivity index (χ0n) is 16.7. The van der Waals surface area contributed by atoms with E-state index in [1.165, 1.54) is 12.1 Å². The first-order valence-electron chi connectivity index (χ1n) is 9.64. The van der Waals surface area contributed by atoms with Crippen molar-refractivity contribution in [2.45, 2.75) is 33.3 Å². The van der Waals surface area contributed by atoms with Crippen LogP contribution in [0.3, 0.4) is 0 Å². The molecule has 0 aliphatic carbocycles. The van der Waals surface area contributed by atoms with Gasteiger partial charge in [-0.25, -0.2) is 4.39 Å². The second-order valence-electron chi connectivity index (χ2n) is 6.76. The van der Waals surface area contributed by atoms with Crippen LogP contribution in [0.4, 0.5) is 4.39 Å². The third-order valence-electron chi connectivity index (χ3n) is 4.50. The van der Waals surface area contributed by atoms with Crippen molar-refractivity contribution in [3.63, 3.8) is 0 Å². The number of hydrogen-bond donors (Lipinski definition) is 0. The van der Waals surface area contributed by atoms with Crippen molar-refractivity contribution < 1.29 is 18.7 Å². The maximum absolute atomic E-state index is 13.8. The SMILES string of the molecule is CCOC(=O)CCc1ccc(OCc2cc(F)ccc2-c2ccc(C)cn2)cc1. The van der Waals surface area contributed by atoms with E-state index in [9.17, 15) is 9.18 Å². The Morgan fingerprint density at radius 2 is 1.86 bits per heavy atom. The standard InChI is InChI=1S/C24H24FNO3/c1-3-28-24(27)13-7-18-5-9-21(10-6-18)29-16-19-14-20(25)8-11-22(19)23-12-4-17(2)15-26-23/h4-6,8-12,14-15H,3,7,13,16H2,1-2H3. The average molecular weight is 393 g/mol. The Morgan fingerprint density at radius 1 is 1.07 bits per heavy atom. The van der Waals surface area contributed by atoms with Gasteiger partial charge in [0, 0.05) is 23.7 Å². The van der Waals surface area contributed by atoms with Crippen molar-refractivity contribution in [1.82, 2.24) is 4.98 Å². The fourth-order valence-electron chi connectivity index (χ4n) is 2.95. The number of pyridine rings is 1. The molecule has 29 heavy (non-hydrogen) atoms. The molecule has 0 aliphatic rings. The first kappa shape index (κ1) is 20.5. The number of benzene rings is 2. The highest BCUT2D eigenvalue weighted by molar-refractivity contribution is 5.69. The molecular weight excluding hydrogens is 369 g/mol. The van der Waals surface area contributed by atoms with Gasteiger partial charge in [-0.3, -0.25) is 9.78 Å². The summed E-state index contributed by atoms with van der Waals surface area (Å²) in [5.74, 6) is 0.168. The molecule has 0 amide bonds. The molecule has 0 unspecified atom stereocenters. The van der Waals surface area contributed by atoms with Crippen LogP contribution >= 0.6 is 0 Å². The summed E-state index contributed by atoms with van der Waals surface area (Å²) in [7, 11) is 0. The average Bonchev–Trinajstić information content (AvgIpc) is 2.73. The summed E-state index contributed by atoms with van der Waals surface area (Å²) in [5.41, 5.74) is 4.45. The number of hydrogen-bond acceptors (Lipinski definition) is 4. The fourth-order valence-corrected chi connectivity index (χ4v) is 2.95. The molecule has 1 heterocycles. The van der Waals surface area contributed by atoms with Crippen molar-refractivity contribution in [1.29, 1.82) is 0 Å². The quantitative estimate of drug-likeness (QED) is 0.489. The number of esters is 1. The Morgan fingerprint density at radius 3 is 2.55 bits per heavy atom. The summed E-state index contributed by atoms with van der Waals surface area (Å²) in [6.07, 6.45) is 2.76. The molecule has 4 nitrogen and oxygen atoms in total. The first-order chi connectivity index (χ1) is 14.0. The summed E-state index contributed by atoms with van der Waals surface area (Å²) in [6.45, 7) is 4.39. The molecular formula is C24H24FNO3. The summed E-state index contributed by atoms with van der Waals surface area (Å²) in [6, 6.07) is 16.1. The molecule has 0 bridgehead atoms. The Balaban J connectivity index is 1.66. The van der Waals surface area contributed by atoms with Gasteiger partial charge >= 0.3 is 5.97 Å². The van der Waals surface area contributed by atoms with E-state index in [0.29, 0.717) is 25.2 Å². The second kappa shape index (κ2) is 9.82. The van der Waals surface area contributed by atoms with Gasteiger partial charge in [-0.1, -0.05) is 18.2 Å². The summed E-state index contributed by atoms with van der Waals surface area (Å²) in [5, 5.41) is 0. The number of rotatable bonds is 8. The molecule has 0 radical (unpaired) electrons. The van der Waals surface area contributed by atoms with Crippen molar-refractivity contribution in [3.05, 3.63) is 83.3 Å². The van der Waals surface area contributed by atoms with Crippen LogP contribution < -0.4 is 4.74 Å². The Bertz CT molecular complexity index is 953. The minimum absolute atomic E-state index is 0.198. The zero-order chi connectivity index (χ0) is 20.6. The number of aromatic nitrogens is 1. The predicted octanol–water partition coefficient (Wildman–Crippen LogP) is 5.27. The van der Waals surface area contributed by atoms with Gasteiger partial charge in [0.05, 0.1) is 12.3 Å². The van der Waals surface area contributed by atoms with Crippen molar-refractivity contribution in [3.8, 4) is 17.0 Å². The molecule has 0 aliphatic heterocycles. The Hall–Kier alpha value is -3.21. The maximum Gasteiger partial charge on any atom is 0.306 e. The first-order valence-corrected chi connectivity index (χ1v) is 9.64. The number of carbonyl (C=O) groups is 1. The van der Waals surface area contributed by atoms with Crippen LogP contribution in [0.2, 0.25) is 0 Å². The number of halogens is 1. The lowest BCUT2D eigenvalue weighted by Crippen LogP contribution is -2.05. The Labute approximate surface area is 170 Å². The Kier molecular flexibility index (Phi) is 6.95. The molecule has 3 aromatic rings. The van der Waals surface area contributed by atoms with Crippen LogP contribution in [0.15, 0.2) is 60.8 Å². The summed E-state index contributed by atoms with van der Waals surface area (Å²) < 4.78 is 24.6. The van der Waals surface area contributed by atoms with Gasteiger partial charge in [-0.05, 0) is 67.8 Å². The lowest BCUT2D eigenvalue weighted by molar-refractivity contribution is -0.143. The largest absolute Gasteiger partial charge is 0.489 e. The number of carbonyl (C=O) groups excluding carboxylic acids is 1. The summed E-state index contributed by atoms with van der Waals surface area (Å²) >= 11 is 0. The maximum atomic E-state index is 13.8. The van der Waals surface area contributed by atoms with Gasteiger partial charge in [-0.2, -0.15) is 0 Å². The number of ether oxygens (including phenoxy) is 2. The second-order valence-corrected chi connectivity index (χ2v) is 6.76. The van der Waals surface area contributed by atoms with Crippen LogP contribution in [-0.2, 0) is 22.6 Å². The third-order valence-corrected chi connectivity index (χ3v) is 4.50. The van der Waals surface area contributed by atoms with Crippen molar-refractivity contribution in [2.75, 3.05) is 6.61 Å². The zero-order valence-corrected chi connectivity index (χ0v) is 16.7. The molecule has 1 aromatic heterocycles. The molecule has 0 spiro atoms. The fraction of sp³-hybridized carbons (Fsp3) is 0.250. The van der Waals surface area contributed by atoms with Crippen molar-refractivity contribution in [2.24, 2.45) is 0 Å². The third kappa shape index (κ3) is 5.88. The van der Waals surface area contributed by atoms with Gasteiger partial charge in [0.15, 0.2) is 0 Å². The minimum Gasteiger partial charge on any atom is -0.489 e. The van der Waals surface area contributed by atoms with Gasteiger partial charge < -0.3 is 9.47 Å². The molecule has 3 rings (SSSR count). The highest BCUT2D eigenvalue weighted by Crippen LogP contribution is 2.25. The highest BCUT2D eigenvalue weighted by Gasteiger charge is 2.09. The number of aryl methyl sites for hydroxylation is 2. The van der Waals surface area contributed by atoms with Crippen LogP contribution in [-0.4, -0.2) is 17.6 Å². The van der Waals surface area contributed by atoms with E-state index in [4.69, 9.17) is 9.47 Å². The molecule has 0 fully saturated rings. The van der Waals surface area contributed by atoms with Gasteiger partial charge in [0.2, 0.25) is 0 Å². The van der Waals surface area contributed by atoms with Crippen LogP contribution in [0.5, 0.6) is 5.75 Å². The molecule has 2 aromatic carbocycles. The lowest BCUT2D eigenvalue weighted by atomic mass is 10.0. The van der Waals surface area contributed by atoms with E-state index in [1.807, 2.05) is 43.3 Å². The van der Waals surface area contributed by atoms with Crippen LogP contribution in [0.25, 0.3) is 11.3 Å². The minimum atomic E-state index is -0.311. The summed E-state index contributed by atoms with van der Waals surface area (Å²) in [4.78, 5) is 15.9. The van der Waals surface area contributed by atoms with Crippen molar-refractivity contribution >= 4 is 5.97 Å². The topological polar surface area (TPSA) is 48.4 Å². The molecule has 0 atom stereocenters. The van der Waals surface area contributed by atoms with E-state index >= 15 is 0 Å². The van der Waals surface area contributed by atoms with E-state index < -0.39 is 0 Å². The predicted molar refractivity (Wildman–Crippen MR) is 110 cm³/mol. The molecule has 0 saturated heterocycles. The van der Waals surface area contributed by atoms with Gasteiger partial charge in [-0.15, -0.1) is 0 Å².